The van der Waals surface area contributed by atoms with E-state index in [0.29, 0.717) is 11.4 Å². The maximum absolute atomic E-state index is 12.1. The highest BCUT2D eigenvalue weighted by molar-refractivity contribution is 5.94. The molecule has 1 fully saturated rings. The maximum atomic E-state index is 12.1. The van der Waals surface area contributed by atoms with Crippen LogP contribution in [0.3, 0.4) is 0 Å². The molecule has 1 amide bonds. The van der Waals surface area contributed by atoms with E-state index in [9.17, 15) is 19.6 Å². The lowest BCUT2D eigenvalue weighted by Crippen LogP contribution is -2.39. The molecular formula is C17H17N5O3. The van der Waals surface area contributed by atoms with Crippen molar-refractivity contribution >= 4 is 23.1 Å². The smallest absolute Gasteiger partial charge is 0.332 e. The van der Waals surface area contributed by atoms with E-state index in [1.807, 2.05) is 6.07 Å². The van der Waals surface area contributed by atoms with Crippen molar-refractivity contribution < 1.29 is 4.79 Å². The topological polar surface area (TPSA) is 109 Å². The molecule has 0 unspecified atom stereocenters. The van der Waals surface area contributed by atoms with Gasteiger partial charge in [0, 0.05) is 31.4 Å². The second-order valence-corrected chi connectivity index (χ2v) is 6.01. The van der Waals surface area contributed by atoms with Gasteiger partial charge in [-0.25, -0.2) is 4.79 Å². The molecule has 1 aromatic carbocycles. The molecule has 2 N–H and O–H groups in total. The molecule has 128 valence electrons. The van der Waals surface area contributed by atoms with E-state index >= 15 is 0 Å². The zero-order valence-electron chi connectivity index (χ0n) is 13.9. The number of nitriles is 1. The molecular weight excluding hydrogens is 322 g/mol. The fourth-order valence-electron chi connectivity index (χ4n) is 2.45. The van der Waals surface area contributed by atoms with Gasteiger partial charge in [0.05, 0.1) is 0 Å². The van der Waals surface area contributed by atoms with Gasteiger partial charge in [-0.1, -0.05) is 0 Å². The van der Waals surface area contributed by atoms with Crippen LogP contribution in [0.5, 0.6) is 0 Å². The highest BCUT2D eigenvalue weighted by Gasteiger charge is 2.29. The molecule has 2 aromatic rings. The fourth-order valence-corrected chi connectivity index (χ4v) is 2.45. The van der Waals surface area contributed by atoms with Crippen molar-refractivity contribution in [1.82, 2.24) is 9.13 Å². The molecule has 0 atom stereocenters. The van der Waals surface area contributed by atoms with Crippen LogP contribution >= 0.6 is 0 Å². The Bertz CT molecular complexity index is 991. The van der Waals surface area contributed by atoms with Crippen LogP contribution in [0.15, 0.2) is 33.9 Å². The van der Waals surface area contributed by atoms with Crippen molar-refractivity contribution in [2.24, 2.45) is 20.0 Å². The molecule has 0 bridgehead atoms. The molecule has 1 aliphatic carbocycles. The summed E-state index contributed by atoms with van der Waals surface area (Å²) in [5, 5.41) is 15.0. The first-order valence-electron chi connectivity index (χ1n) is 7.80. The minimum atomic E-state index is -0.651. The lowest BCUT2D eigenvalue weighted by Gasteiger charge is -2.14. The Morgan fingerprint density at radius 1 is 1.12 bits per heavy atom. The molecule has 3 rings (SSSR count). The van der Waals surface area contributed by atoms with E-state index in [1.165, 1.54) is 18.7 Å². The molecule has 8 heteroatoms. The highest BCUT2D eigenvalue weighted by atomic mass is 16.2. The van der Waals surface area contributed by atoms with Gasteiger partial charge in [0.25, 0.3) is 5.56 Å². The van der Waals surface area contributed by atoms with Crippen LogP contribution < -0.4 is 21.9 Å². The van der Waals surface area contributed by atoms with Crippen molar-refractivity contribution in [3.63, 3.8) is 0 Å². The number of carbonyl (C=O) groups excluding carboxylic acids is 1. The van der Waals surface area contributed by atoms with Crippen LogP contribution in [-0.4, -0.2) is 15.0 Å². The number of anilines is 3. The fraction of sp³-hybridized carbons (Fsp3) is 0.294. The molecule has 1 aliphatic rings. The second-order valence-electron chi connectivity index (χ2n) is 6.01. The van der Waals surface area contributed by atoms with Gasteiger partial charge in [-0.05, 0) is 37.1 Å². The van der Waals surface area contributed by atoms with Crippen LogP contribution in [-0.2, 0) is 18.9 Å². The van der Waals surface area contributed by atoms with Gasteiger partial charge in [-0.2, -0.15) is 5.26 Å². The normalized spacial score (nSPS) is 13.2. The largest absolute Gasteiger partial charge is 0.340 e. The Labute approximate surface area is 143 Å². The van der Waals surface area contributed by atoms with Crippen LogP contribution in [0.1, 0.15) is 18.4 Å². The summed E-state index contributed by atoms with van der Waals surface area (Å²) in [6.07, 6.45) is 1.86. The van der Waals surface area contributed by atoms with Crippen molar-refractivity contribution in [3.8, 4) is 6.07 Å². The van der Waals surface area contributed by atoms with Crippen LogP contribution in [0, 0.1) is 17.2 Å². The lowest BCUT2D eigenvalue weighted by atomic mass is 10.2. The number of aromatic nitrogens is 2. The Morgan fingerprint density at radius 3 is 2.28 bits per heavy atom. The van der Waals surface area contributed by atoms with Gasteiger partial charge in [0.15, 0.2) is 5.56 Å². The summed E-state index contributed by atoms with van der Waals surface area (Å²) in [6.45, 7) is 0. The Balaban J connectivity index is 1.88. The third-order valence-electron chi connectivity index (χ3n) is 4.14. The summed E-state index contributed by atoms with van der Waals surface area (Å²) in [5.41, 5.74) is -0.0676. The average Bonchev–Trinajstić information content (AvgIpc) is 3.45. The minimum absolute atomic E-state index is 0.0152. The van der Waals surface area contributed by atoms with Crippen molar-refractivity contribution in [1.29, 1.82) is 5.26 Å². The molecule has 0 radical (unpaired) electrons. The SMILES string of the molecule is Cn1c(Nc2ccc(NC(=O)C3CC3)cc2)c(C#N)c(=O)n(C)c1=O. The Morgan fingerprint density at radius 2 is 1.72 bits per heavy atom. The first-order valence-corrected chi connectivity index (χ1v) is 7.80. The van der Waals surface area contributed by atoms with Crippen LogP contribution in [0.2, 0.25) is 0 Å². The van der Waals surface area contributed by atoms with Crippen LogP contribution in [0.25, 0.3) is 0 Å². The number of hydrogen-bond donors (Lipinski definition) is 2. The lowest BCUT2D eigenvalue weighted by molar-refractivity contribution is -0.117. The average molecular weight is 339 g/mol. The summed E-state index contributed by atoms with van der Waals surface area (Å²) >= 11 is 0. The zero-order chi connectivity index (χ0) is 18.1. The number of benzene rings is 1. The molecule has 1 saturated carbocycles. The molecule has 0 spiro atoms. The third-order valence-corrected chi connectivity index (χ3v) is 4.14. The second kappa shape index (κ2) is 6.28. The minimum Gasteiger partial charge on any atom is -0.340 e. The number of nitrogens with one attached hydrogen (secondary N) is 2. The summed E-state index contributed by atoms with van der Waals surface area (Å²) in [4.78, 5) is 35.9. The van der Waals surface area contributed by atoms with Crippen LogP contribution in [0.4, 0.5) is 17.2 Å². The van der Waals surface area contributed by atoms with Crippen molar-refractivity contribution in [2.45, 2.75) is 12.8 Å². The quantitative estimate of drug-likeness (QED) is 0.865. The number of carbonyl (C=O) groups is 1. The summed E-state index contributed by atoms with van der Waals surface area (Å²) in [7, 11) is 2.81. The van der Waals surface area contributed by atoms with Crippen molar-refractivity contribution in [3.05, 3.63) is 50.7 Å². The molecule has 8 nitrogen and oxygen atoms in total. The number of rotatable bonds is 4. The molecule has 1 aromatic heterocycles. The monoisotopic (exact) mass is 339 g/mol. The predicted molar refractivity (Wildman–Crippen MR) is 92.7 cm³/mol. The van der Waals surface area contributed by atoms with Gasteiger partial charge in [0.2, 0.25) is 5.91 Å². The number of nitrogens with zero attached hydrogens (tertiary/aromatic N) is 3. The Kier molecular flexibility index (Phi) is 4.15. The highest BCUT2D eigenvalue weighted by Crippen LogP contribution is 2.30. The number of amides is 1. The van der Waals surface area contributed by atoms with E-state index in [-0.39, 0.29) is 23.2 Å². The van der Waals surface area contributed by atoms with E-state index in [0.717, 1.165) is 17.4 Å². The van der Waals surface area contributed by atoms with Gasteiger partial charge in [0.1, 0.15) is 11.9 Å². The van der Waals surface area contributed by atoms with Gasteiger partial charge in [-0.3, -0.25) is 18.7 Å². The third kappa shape index (κ3) is 3.17. The summed E-state index contributed by atoms with van der Waals surface area (Å²) in [5.74, 6) is 0.262. The van der Waals surface area contributed by atoms with Crippen molar-refractivity contribution in [2.75, 3.05) is 10.6 Å². The maximum Gasteiger partial charge on any atom is 0.332 e. The molecule has 0 saturated heterocycles. The Hall–Kier alpha value is -3.34. The molecule has 25 heavy (non-hydrogen) atoms. The standard InChI is InChI=1S/C17H17N5O3/c1-21-14(13(9-18)16(24)22(2)17(21)25)19-11-5-7-12(8-6-11)20-15(23)10-3-4-10/h5-8,10,19H,3-4H2,1-2H3,(H,20,23). The first-order chi connectivity index (χ1) is 11.9. The van der Waals surface area contributed by atoms with Gasteiger partial charge in [-0.15, -0.1) is 0 Å². The van der Waals surface area contributed by atoms with Gasteiger partial charge < -0.3 is 10.6 Å². The van der Waals surface area contributed by atoms with E-state index < -0.39 is 11.2 Å². The van der Waals surface area contributed by atoms with E-state index in [4.69, 9.17) is 0 Å². The summed E-state index contributed by atoms with van der Waals surface area (Å²) < 4.78 is 2.10. The molecule has 1 heterocycles. The first kappa shape index (κ1) is 16.5. The summed E-state index contributed by atoms with van der Waals surface area (Å²) in [6, 6.07) is 8.67. The van der Waals surface area contributed by atoms with Gasteiger partial charge >= 0.3 is 5.69 Å². The molecule has 0 aliphatic heterocycles. The zero-order valence-corrected chi connectivity index (χ0v) is 13.9. The predicted octanol–water partition coefficient (Wildman–Crippen LogP) is 1.05. The van der Waals surface area contributed by atoms with E-state index in [1.54, 1.807) is 24.3 Å². The number of hydrogen-bond acceptors (Lipinski definition) is 5. The van der Waals surface area contributed by atoms with E-state index in [2.05, 4.69) is 10.6 Å².